The fraction of sp³-hybridized carbons (Fsp3) is 0.259. The van der Waals surface area contributed by atoms with E-state index in [0.717, 1.165) is 51.8 Å². The fourth-order valence-electron chi connectivity index (χ4n) is 4.46. The molecule has 5 rings (SSSR count). The van der Waals surface area contributed by atoms with Crippen molar-refractivity contribution in [1.82, 2.24) is 5.16 Å². The third-order valence-electron chi connectivity index (χ3n) is 6.75. The van der Waals surface area contributed by atoms with E-state index in [1.54, 1.807) is 19.1 Å². The van der Waals surface area contributed by atoms with Crippen molar-refractivity contribution in [3.05, 3.63) is 83.6 Å². The van der Waals surface area contributed by atoms with Crippen molar-refractivity contribution in [3.8, 4) is 11.1 Å². The second kappa shape index (κ2) is 8.13. The first-order chi connectivity index (χ1) is 15.8. The largest absolute Gasteiger partial charge is 0.356 e. The van der Waals surface area contributed by atoms with Crippen molar-refractivity contribution in [3.63, 3.8) is 0 Å². The van der Waals surface area contributed by atoms with Gasteiger partial charge >= 0.3 is 0 Å². The molecule has 4 aromatic rings. The van der Waals surface area contributed by atoms with Gasteiger partial charge in [0.2, 0.25) is 0 Å². The Morgan fingerprint density at radius 2 is 1.79 bits per heavy atom. The lowest BCUT2D eigenvalue weighted by Gasteiger charge is -2.30. The summed E-state index contributed by atoms with van der Waals surface area (Å²) >= 11 is 0. The van der Waals surface area contributed by atoms with E-state index in [0.29, 0.717) is 17.1 Å². The first-order valence-corrected chi connectivity index (χ1v) is 12.9. The van der Waals surface area contributed by atoms with Crippen LogP contribution in [0.5, 0.6) is 0 Å². The summed E-state index contributed by atoms with van der Waals surface area (Å²) in [5, 5.41) is 5.00. The van der Waals surface area contributed by atoms with Crippen LogP contribution in [0.2, 0.25) is 0 Å². The Labute approximate surface area is 194 Å². The van der Waals surface area contributed by atoms with E-state index in [9.17, 15) is 13.9 Å². The molecule has 0 unspecified atom stereocenters. The second-order valence-corrected chi connectivity index (χ2v) is 11.2. The monoisotopic (exact) mass is 461 g/mol. The zero-order valence-electron chi connectivity index (χ0n) is 18.7. The van der Waals surface area contributed by atoms with Crippen molar-refractivity contribution in [1.29, 1.82) is 0 Å². The van der Waals surface area contributed by atoms with Crippen LogP contribution in [-0.2, 0) is 16.6 Å². The minimum absolute atomic E-state index is 0.236. The Morgan fingerprint density at radius 3 is 2.48 bits per heavy atom. The van der Waals surface area contributed by atoms with Crippen molar-refractivity contribution >= 4 is 27.3 Å². The second-order valence-electron chi connectivity index (χ2n) is 8.84. The van der Waals surface area contributed by atoms with Gasteiger partial charge in [0, 0.05) is 17.6 Å². The number of hydrogen-bond donors (Lipinski definition) is 2. The zero-order valence-corrected chi connectivity index (χ0v) is 19.6. The summed E-state index contributed by atoms with van der Waals surface area (Å²) in [5.74, 6) is 0.537. The summed E-state index contributed by atoms with van der Waals surface area (Å²) in [6.45, 7) is 3.68. The van der Waals surface area contributed by atoms with Gasteiger partial charge in [-0.05, 0) is 73.2 Å². The van der Waals surface area contributed by atoms with Gasteiger partial charge in [-0.2, -0.15) is 10.6 Å². The Bertz CT molecular complexity index is 1340. The third-order valence-corrected chi connectivity index (χ3v) is 8.58. The topological polar surface area (TPSA) is 83.6 Å². The third kappa shape index (κ3) is 3.99. The first kappa shape index (κ1) is 21.9. The van der Waals surface area contributed by atoms with Crippen LogP contribution in [0.1, 0.15) is 36.6 Å². The van der Waals surface area contributed by atoms with Crippen LogP contribution in [0.15, 0.2) is 76.1 Å². The highest BCUT2D eigenvalue weighted by Gasteiger charge is 2.50. The predicted octanol–water partition coefficient (Wildman–Crippen LogP) is 6.78. The molecule has 0 atom stereocenters. The molecule has 1 aliphatic carbocycles. The lowest BCUT2D eigenvalue weighted by Crippen LogP contribution is -2.22. The minimum atomic E-state index is -2.72. The highest BCUT2D eigenvalue weighted by molar-refractivity contribution is 8.24. The summed E-state index contributed by atoms with van der Waals surface area (Å²) in [5.41, 5.74) is 5.19. The molecule has 170 valence electrons. The number of fused-ring (bicyclic) bond motifs is 1. The number of carbonyl (C=O) groups excluding carboxylic acids is 1. The molecule has 5 nitrogen and oxygen atoms in total. The van der Waals surface area contributed by atoms with E-state index in [4.69, 9.17) is 4.52 Å². The van der Waals surface area contributed by atoms with Gasteiger partial charge in [0.1, 0.15) is 5.78 Å². The van der Waals surface area contributed by atoms with E-state index in [-0.39, 0.29) is 5.78 Å². The Hall–Kier alpha value is -2.93. The van der Waals surface area contributed by atoms with Gasteiger partial charge in [-0.15, -0.1) is 0 Å². The van der Waals surface area contributed by atoms with Gasteiger partial charge in [0.25, 0.3) is 0 Å². The molecule has 1 fully saturated rings. The average molecular weight is 462 g/mol. The van der Waals surface area contributed by atoms with Gasteiger partial charge in [-0.25, -0.2) is 0 Å². The molecule has 1 saturated carbocycles. The number of nitrogens with zero attached hydrogens (tertiary/aromatic N) is 1. The molecule has 0 spiro atoms. The fourth-order valence-corrected chi connectivity index (χ4v) is 5.36. The van der Waals surface area contributed by atoms with E-state index in [1.807, 2.05) is 55.5 Å². The number of ketones is 1. The SMILES string of the molecule is CCS(O)(O)c1ccc(-c2cccc(CC(=O)C3(c4ccc5onc(C)c5c4)CC3)c2)cc1. The number of hydrogen-bond acceptors (Lipinski definition) is 5. The van der Waals surface area contributed by atoms with Crippen molar-refractivity contribution in [2.75, 3.05) is 5.75 Å². The lowest BCUT2D eigenvalue weighted by molar-refractivity contribution is -0.120. The molecule has 1 aromatic heterocycles. The summed E-state index contributed by atoms with van der Waals surface area (Å²) in [7, 11) is -2.72. The van der Waals surface area contributed by atoms with Crippen molar-refractivity contribution in [2.45, 2.75) is 43.4 Å². The van der Waals surface area contributed by atoms with Gasteiger partial charge in [0.15, 0.2) is 5.58 Å². The Morgan fingerprint density at radius 1 is 1.03 bits per heavy atom. The van der Waals surface area contributed by atoms with E-state index >= 15 is 0 Å². The number of carbonyl (C=O) groups is 1. The minimum Gasteiger partial charge on any atom is -0.356 e. The maximum atomic E-state index is 13.4. The van der Waals surface area contributed by atoms with E-state index in [2.05, 4.69) is 11.2 Å². The Kier molecular flexibility index (Phi) is 5.40. The lowest BCUT2D eigenvalue weighted by atomic mass is 9.87. The maximum absolute atomic E-state index is 13.4. The normalized spacial score (nSPS) is 15.5. The molecule has 1 aliphatic rings. The molecule has 0 amide bonds. The molecule has 0 aliphatic heterocycles. The van der Waals surface area contributed by atoms with Gasteiger partial charge in [-0.3, -0.25) is 13.9 Å². The zero-order chi connectivity index (χ0) is 23.2. The molecular weight excluding hydrogens is 434 g/mol. The van der Waals surface area contributed by atoms with Gasteiger partial charge in [-0.1, -0.05) is 47.6 Å². The molecule has 0 saturated heterocycles. The smallest absolute Gasteiger partial charge is 0.167 e. The molecule has 2 N–H and O–H groups in total. The summed E-state index contributed by atoms with van der Waals surface area (Å²) in [4.78, 5) is 14.0. The molecule has 0 radical (unpaired) electrons. The summed E-state index contributed by atoms with van der Waals surface area (Å²) in [6.07, 6.45) is 2.11. The van der Waals surface area contributed by atoms with Crippen LogP contribution >= 0.6 is 10.6 Å². The molecular formula is C27H27NO4S. The quantitative estimate of drug-likeness (QED) is 0.317. The number of Topliss-reactive ketones (excluding diaryl/α,β-unsaturated/α-hetero) is 1. The van der Waals surface area contributed by atoms with Gasteiger partial charge in [0.05, 0.1) is 16.0 Å². The molecule has 33 heavy (non-hydrogen) atoms. The number of benzene rings is 3. The Balaban J connectivity index is 1.37. The van der Waals surface area contributed by atoms with Crippen LogP contribution in [0.4, 0.5) is 0 Å². The van der Waals surface area contributed by atoms with Crippen LogP contribution in [0.3, 0.4) is 0 Å². The number of rotatable bonds is 7. The molecule has 1 heterocycles. The average Bonchev–Trinajstić information content (AvgIpc) is 3.57. The summed E-state index contributed by atoms with van der Waals surface area (Å²) in [6, 6.07) is 21.3. The van der Waals surface area contributed by atoms with Gasteiger partial charge < -0.3 is 4.52 Å². The summed E-state index contributed by atoms with van der Waals surface area (Å²) < 4.78 is 25.6. The van der Waals surface area contributed by atoms with Crippen molar-refractivity contribution < 1.29 is 18.4 Å². The van der Waals surface area contributed by atoms with Crippen LogP contribution in [0, 0.1) is 6.92 Å². The highest BCUT2D eigenvalue weighted by Crippen LogP contribution is 2.50. The number of aryl methyl sites for hydroxylation is 1. The molecule has 6 heteroatoms. The van der Waals surface area contributed by atoms with Crippen LogP contribution < -0.4 is 0 Å². The maximum Gasteiger partial charge on any atom is 0.167 e. The number of aromatic nitrogens is 1. The van der Waals surface area contributed by atoms with Crippen molar-refractivity contribution in [2.24, 2.45) is 0 Å². The first-order valence-electron chi connectivity index (χ1n) is 11.2. The van der Waals surface area contributed by atoms with E-state index in [1.165, 1.54) is 0 Å². The molecule has 0 bridgehead atoms. The van der Waals surface area contributed by atoms with Crippen LogP contribution in [-0.4, -0.2) is 25.8 Å². The predicted molar refractivity (Wildman–Crippen MR) is 132 cm³/mol. The van der Waals surface area contributed by atoms with E-state index < -0.39 is 16.0 Å². The highest BCUT2D eigenvalue weighted by atomic mass is 32.3. The standard InChI is InChI=1S/C27H27NO4S/c1-3-33(30,31)23-10-7-20(8-11-23)21-6-4-5-19(15-21)16-26(29)27(13-14-27)22-9-12-25-24(17-22)18(2)28-32-25/h4-12,15,17,30-31H,3,13-14,16H2,1-2H3. The van der Waals surface area contributed by atoms with Crippen LogP contribution in [0.25, 0.3) is 22.1 Å². The molecule has 3 aromatic carbocycles.